The molecule has 0 spiro atoms. The van der Waals surface area contributed by atoms with Crippen LogP contribution in [-0.4, -0.2) is 115 Å². The Balaban J connectivity index is 1.39. The Morgan fingerprint density at radius 2 is 1.89 bits per heavy atom. The molecule has 6 fully saturated rings. The summed E-state index contributed by atoms with van der Waals surface area (Å²) in [4.78, 5) is 27.9. The standard InChI is InChI=1S/C41H71N5O8/c1-4-25(11-14-44-3)40(51)53-32-20-30-37(50)36-31(49)19-28(22-47)52-39(36)35(38(30)54-41(32,2)13-10-23-8-9-33(42)46-21-23)29(26-12-15-45-34(43)18-26)17-24-6-5-7-27(48)16-24/h4,23-24,26-30,32-39,44-48,50H,5-22,42-43H2,1-3H3. The average molecular weight is 762 g/mol. The van der Waals surface area contributed by atoms with Gasteiger partial charge in [-0.3, -0.25) is 4.79 Å². The molecule has 308 valence electrons. The summed E-state index contributed by atoms with van der Waals surface area (Å²) >= 11 is 0. The lowest BCUT2D eigenvalue weighted by Crippen LogP contribution is -2.69. The lowest BCUT2D eigenvalue weighted by atomic mass is 9.56. The molecule has 0 radical (unpaired) electrons. The van der Waals surface area contributed by atoms with E-state index in [0.717, 1.165) is 77.3 Å². The number of carbonyl (C=O) groups is 2. The van der Waals surface area contributed by atoms with Crippen LogP contribution in [0.1, 0.15) is 104 Å². The molecule has 16 atom stereocenters. The highest BCUT2D eigenvalue weighted by atomic mass is 16.6. The van der Waals surface area contributed by atoms with Crippen LogP contribution in [0.5, 0.6) is 0 Å². The van der Waals surface area contributed by atoms with Gasteiger partial charge in [0.05, 0.1) is 55.4 Å². The molecule has 4 aliphatic heterocycles. The summed E-state index contributed by atoms with van der Waals surface area (Å²) in [5.41, 5.74) is 12.5. The second-order valence-corrected chi connectivity index (χ2v) is 18.0. The molecule has 0 aromatic carbocycles. The Kier molecular flexibility index (Phi) is 14.7. The molecule has 54 heavy (non-hydrogen) atoms. The van der Waals surface area contributed by atoms with Crippen LogP contribution < -0.4 is 27.4 Å². The van der Waals surface area contributed by atoms with Crippen molar-refractivity contribution in [2.45, 2.75) is 158 Å². The van der Waals surface area contributed by atoms with Crippen LogP contribution >= 0.6 is 0 Å². The Hall–Kier alpha value is -1.52. The fourth-order valence-corrected chi connectivity index (χ4v) is 11.3. The summed E-state index contributed by atoms with van der Waals surface area (Å²) in [5, 5.41) is 43.4. The van der Waals surface area contributed by atoms with Gasteiger partial charge in [0.1, 0.15) is 17.5 Å². The number of Topliss-reactive ketones (excluding diaryl/α,β-unsaturated/α-hetero) is 1. The summed E-state index contributed by atoms with van der Waals surface area (Å²) in [6, 6.07) is 0. The smallest absolute Gasteiger partial charge is 0.334 e. The number of aliphatic hydroxyl groups is 3. The highest BCUT2D eigenvalue weighted by molar-refractivity contribution is 5.88. The molecule has 13 nitrogen and oxygen atoms in total. The largest absolute Gasteiger partial charge is 0.456 e. The van der Waals surface area contributed by atoms with Crippen LogP contribution in [0, 0.1) is 41.4 Å². The van der Waals surface area contributed by atoms with Gasteiger partial charge in [0, 0.05) is 23.8 Å². The van der Waals surface area contributed by atoms with E-state index in [-0.39, 0.29) is 61.0 Å². The number of rotatable bonds is 13. The number of ether oxygens (including phenoxy) is 3. The molecule has 10 N–H and O–H groups in total. The first kappa shape index (κ1) is 42.1. The average Bonchev–Trinajstić information content (AvgIpc) is 3.15. The molecule has 4 saturated heterocycles. The van der Waals surface area contributed by atoms with Gasteiger partial charge in [0.15, 0.2) is 0 Å². The molecular weight excluding hydrogens is 690 g/mol. The topological polar surface area (TPSA) is 211 Å². The lowest BCUT2D eigenvalue weighted by Gasteiger charge is -2.60. The number of carbonyl (C=O) groups excluding carboxylic acids is 2. The predicted octanol–water partition coefficient (Wildman–Crippen LogP) is 1.85. The maximum Gasteiger partial charge on any atom is 0.334 e. The highest BCUT2D eigenvalue weighted by Crippen LogP contribution is 2.55. The number of allylic oxidation sites excluding steroid dienone is 1. The third-order valence-electron chi connectivity index (χ3n) is 14.3. The van der Waals surface area contributed by atoms with Crippen molar-refractivity contribution in [2.75, 3.05) is 33.3 Å². The third-order valence-corrected chi connectivity index (χ3v) is 14.3. The van der Waals surface area contributed by atoms with Crippen LogP contribution in [0.3, 0.4) is 0 Å². The van der Waals surface area contributed by atoms with E-state index >= 15 is 0 Å². The van der Waals surface area contributed by atoms with E-state index in [1.54, 1.807) is 0 Å². The van der Waals surface area contributed by atoms with Crippen LogP contribution in [0.15, 0.2) is 11.6 Å². The summed E-state index contributed by atoms with van der Waals surface area (Å²) in [7, 11) is 1.85. The monoisotopic (exact) mass is 762 g/mol. The zero-order chi connectivity index (χ0) is 38.6. The number of hydrogen-bond acceptors (Lipinski definition) is 13. The van der Waals surface area contributed by atoms with Gasteiger partial charge in [-0.2, -0.15) is 0 Å². The summed E-state index contributed by atoms with van der Waals surface area (Å²) in [5.74, 6) is -1.06. The molecule has 4 heterocycles. The van der Waals surface area contributed by atoms with Crippen molar-refractivity contribution in [1.29, 1.82) is 0 Å². The Labute approximate surface area is 322 Å². The minimum Gasteiger partial charge on any atom is -0.456 e. The van der Waals surface area contributed by atoms with E-state index < -0.39 is 48.0 Å². The van der Waals surface area contributed by atoms with Crippen molar-refractivity contribution in [3.05, 3.63) is 11.6 Å². The summed E-state index contributed by atoms with van der Waals surface area (Å²) in [6.07, 6.45) is 8.21. The SMILES string of the molecule is CC=C(CCNC)C(=O)OC1CC2C(O)C3C(=O)CC(CO)OC3C(C(CC3CCCC(O)C3)C3CCNC(N)C3)C2OC1(C)CCC1CCC(N)NC1. The number of piperidine rings is 2. The van der Waals surface area contributed by atoms with E-state index in [0.29, 0.717) is 43.2 Å². The number of nitrogens with two attached hydrogens (primary N) is 2. The number of hydrogen-bond donors (Lipinski definition) is 8. The van der Waals surface area contributed by atoms with Crippen LogP contribution in [0.25, 0.3) is 0 Å². The highest BCUT2D eigenvalue weighted by Gasteiger charge is 2.63. The van der Waals surface area contributed by atoms with Crippen molar-refractivity contribution in [3.8, 4) is 0 Å². The molecule has 13 heteroatoms. The third kappa shape index (κ3) is 9.60. The molecular formula is C41H71N5O8. The van der Waals surface area contributed by atoms with E-state index in [9.17, 15) is 24.9 Å². The summed E-state index contributed by atoms with van der Waals surface area (Å²) in [6.45, 7) is 5.87. The molecule has 6 aliphatic rings. The Morgan fingerprint density at radius 3 is 2.57 bits per heavy atom. The number of nitrogens with one attached hydrogen (secondary N) is 3. The van der Waals surface area contributed by atoms with Gasteiger partial charge in [-0.05, 0) is 135 Å². The van der Waals surface area contributed by atoms with Crippen LogP contribution in [0.2, 0.25) is 0 Å². The van der Waals surface area contributed by atoms with E-state index in [2.05, 4.69) is 22.9 Å². The van der Waals surface area contributed by atoms with Gasteiger partial charge in [0.2, 0.25) is 0 Å². The molecule has 2 saturated carbocycles. The minimum atomic E-state index is -1.06. The fourth-order valence-electron chi connectivity index (χ4n) is 11.3. The first-order valence-electron chi connectivity index (χ1n) is 21.3. The van der Waals surface area contributed by atoms with Gasteiger partial charge >= 0.3 is 5.97 Å². The van der Waals surface area contributed by atoms with Gasteiger partial charge in [-0.25, -0.2) is 4.79 Å². The van der Waals surface area contributed by atoms with Crippen LogP contribution in [-0.2, 0) is 23.8 Å². The molecule has 0 aromatic rings. The summed E-state index contributed by atoms with van der Waals surface area (Å²) < 4.78 is 20.7. The Morgan fingerprint density at radius 1 is 1.07 bits per heavy atom. The van der Waals surface area contributed by atoms with Crippen molar-refractivity contribution in [1.82, 2.24) is 16.0 Å². The zero-order valence-corrected chi connectivity index (χ0v) is 33.0. The Bertz CT molecular complexity index is 1280. The van der Waals surface area contributed by atoms with Crippen LogP contribution in [0.4, 0.5) is 0 Å². The minimum absolute atomic E-state index is 0.00205. The number of aliphatic hydroxyl groups excluding tert-OH is 3. The predicted molar refractivity (Wildman–Crippen MR) is 205 cm³/mol. The van der Waals surface area contributed by atoms with Gasteiger partial charge < -0.3 is 56.9 Å². The van der Waals surface area contributed by atoms with Crippen molar-refractivity contribution >= 4 is 11.8 Å². The molecule has 2 aliphatic carbocycles. The molecule has 6 rings (SSSR count). The molecule has 0 amide bonds. The number of fused-ring (bicyclic) bond motifs is 2. The number of ketones is 1. The maximum absolute atomic E-state index is 14.1. The second-order valence-electron chi connectivity index (χ2n) is 18.0. The van der Waals surface area contributed by atoms with E-state index in [4.69, 9.17) is 25.7 Å². The van der Waals surface area contributed by atoms with Crippen molar-refractivity contribution in [3.63, 3.8) is 0 Å². The molecule has 16 unspecified atom stereocenters. The first-order chi connectivity index (χ1) is 25.9. The second kappa shape index (κ2) is 18.8. The van der Waals surface area contributed by atoms with Crippen molar-refractivity contribution in [2.24, 2.45) is 52.9 Å². The quantitative estimate of drug-likeness (QED) is 0.0997. The zero-order valence-electron chi connectivity index (χ0n) is 33.0. The maximum atomic E-state index is 14.1. The lowest BCUT2D eigenvalue weighted by molar-refractivity contribution is -0.293. The molecule has 0 aromatic heterocycles. The van der Waals surface area contributed by atoms with E-state index in [1.807, 2.05) is 20.0 Å². The van der Waals surface area contributed by atoms with Gasteiger partial charge in [-0.1, -0.05) is 18.9 Å². The number of esters is 1. The molecule has 0 bridgehead atoms. The van der Waals surface area contributed by atoms with Gasteiger partial charge in [0.25, 0.3) is 0 Å². The van der Waals surface area contributed by atoms with E-state index in [1.165, 1.54) is 0 Å². The normalized spacial score (nSPS) is 43.9. The van der Waals surface area contributed by atoms with Crippen molar-refractivity contribution < 1.29 is 39.1 Å². The first-order valence-corrected chi connectivity index (χ1v) is 21.3. The van der Waals surface area contributed by atoms with Gasteiger partial charge in [-0.15, -0.1) is 0 Å². The fraction of sp³-hybridized carbons (Fsp3) is 0.902.